The largest absolute Gasteiger partial charge is 0.481 e. The number of carbonyl (C=O) groups excluding carboxylic acids is 2. The van der Waals surface area contributed by atoms with Gasteiger partial charge >= 0.3 is 18.0 Å². The Hall–Kier alpha value is -2.25. The molecule has 0 saturated heterocycles. The second-order valence-electron chi connectivity index (χ2n) is 5.89. The first kappa shape index (κ1) is 21.1. The second kappa shape index (κ2) is 9.10. The number of esters is 1. The number of allylic oxidation sites excluding steroid dienone is 1. The number of aliphatic carboxylic acids is 1. The van der Waals surface area contributed by atoms with Crippen LogP contribution < -0.4 is 5.32 Å². The van der Waals surface area contributed by atoms with Crippen LogP contribution in [0.15, 0.2) is 29.5 Å². The third-order valence-electron chi connectivity index (χ3n) is 4.15. The lowest BCUT2D eigenvalue weighted by Crippen LogP contribution is -2.48. The quantitative estimate of drug-likeness (QED) is 0.662. The number of carboxylic acids is 1. The maximum atomic E-state index is 12.6. The molecule has 2 rings (SSSR count). The van der Waals surface area contributed by atoms with E-state index in [-0.39, 0.29) is 31.6 Å². The molecule has 0 unspecified atom stereocenters. The zero-order valence-electron chi connectivity index (χ0n) is 14.9. The molecule has 27 heavy (non-hydrogen) atoms. The molecule has 7 nitrogen and oxygen atoms in total. The molecular weight excluding hydrogens is 395 g/mol. The van der Waals surface area contributed by atoms with Gasteiger partial charge in [-0.1, -0.05) is 29.3 Å². The van der Waals surface area contributed by atoms with Crippen LogP contribution in [0.2, 0.25) is 10.0 Å². The minimum absolute atomic E-state index is 0.0917. The molecule has 1 atom stereocenters. The van der Waals surface area contributed by atoms with Crippen molar-refractivity contribution < 1.29 is 24.2 Å². The van der Waals surface area contributed by atoms with Crippen LogP contribution in [0.4, 0.5) is 4.79 Å². The topological polar surface area (TPSA) is 95.9 Å². The summed E-state index contributed by atoms with van der Waals surface area (Å²) in [5.74, 6) is -1.56. The van der Waals surface area contributed by atoms with E-state index in [0.717, 1.165) is 0 Å². The average Bonchev–Trinajstić information content (AvgIpc) is 2.57. The molecule has 1 heterocycles. The zero-order valence-corrected chi connectivity index (χ0v) is 16.4. The molecule has 0 spiro atoms. The lowest BCUT2D eigenvalue weighted by atomic mass is 9.94. The van der Waals surface area contributed by atoms with Crippen molar-refractivity contribution in [3.05, 3.63) is 45.1 Å². The summed E-state index contributed by atoms with van der Waals surface area (Å²) in [6.45, 7) is 3.60. The maximum absolute atomic E-state index is 12.6. The normalized spacial score (nSPS) is 17.0. The molecule has 0 aliphatic carbocycles. The van der Waals surface area contributed by atoms with Gasteiger partial charge < -0.3 is 15.2 Å². The van der Waals surface area contributed by atoms with Crippen molar-refractivity contribution in [2.45, 2.75) is 32.7 Å². The minimum Gasteiger partial charge on any atom is -0.481 e. The number of amides is 2. The van der Waals surface area contributed by atoms with Crippen LogP contribution in [0.1, 0.15) is 38.3 Å². The van der Waals surface area contributed by atoms with Gasteiger partial charge in [0.25, 0.3) is 0 Å². The van der Waals surface area contributed by atoms with Crippen molar-refractivity contribution in [2.75, 3.05) is 13.2 Å². The molecule has 1 aromatic carbocycles. The molecule has 0 saturated carbocycles. The van der Waals surface area contributed by atoms with Crippen LogP contribution >= 0.6 is 23.2 Å². The molecule has 0 radical (unpaired) electrons. The van der Waals surface area contributed by atoms with E-state index in [4.69, 9.17) is 33.0 Å². The predicted molar refractivity (Wildman–Crippen MR) is 101 cm³/mol. The molecule has 0 bridgehead atoms. The molecule has 9 heteroatoms. The third kappa shape index (κ3) is 4.73. The number of nitrogens with one attached hydrogen (secondary N) is 1. The summed E-state index contributed by atoms with van der Waals surface area (Å²) < 4.78 is 5.15. The Labute approximate surface area is 166 Å². The highest BCUT2D eigenvalue weighted by Crippen LogP contribution is 2.38. The number of hydrogen-bond acceptors (Lipinski definition) is 4. The Morgan fingerprint density at radius 3 is 2.48 bits per heavy atom. The Balaban J connectivity index is 2.48. The number of hydrogen-bond donors (Lipinski definition) is 2. The van der Waals surface area contributed by atoms with Gasteiger partial charge in [-0.15, -0.1) is 0 Å². The number of ether oxygens (including phenoxy) is 1. The van der Waals surface area contributed by atoms with Crippen LogP contribution in [-0.2, 0) is 14.3 Å². The van der Waals surface area contributed by atoms with Crippen molar-refractivity contribution in [1.29, 1.82) is 0 Å². The van der Waals surface area contributed by atoms with E-state index in [1.54, 1.807) is 32.0 Å². The lowest BCUT2D eigenvalue weighted by molar-refractivity contribution is -0.139. The standard InChI is InChI=1S/C18H20Cl2N2O5/c1-3-27-17(25)14-10(2)22(9-5-8-13(23)24)18(26)21-16(14)15-11(19)6-4-7-12(15)20/h4,6-7,16H,3,5,8-9H2,1-2H3,(H,21,26)(H,23,24)/t16-/m0/s1. The predicted octanol–water partition coefficient (Wildman–Crippen LogP) is 3.76. The Bertz CT molecular complexity index is 774. The SMILES string of the molecule is CCOC(=O)C1=C(C)N(CCCC(=O)O)C(=O)N[C@@H]1c1c(Cl)cccc1Cl. The highest BCUT2D eigenvalue weighted by molar-refractivity contribution is 6.36. The first-order chi connectivity index (χ1) is 12.8. The molecule has 1 aliphatic heterocycles. The second-order valence-corrected chi connectivity index (χ2v) is 6.70. The van der Waals surface area contributed by atoms with Gasteiger partial charge in [-0.3, -0.25) is 9.69 Å². The first-order valence-electron chi connectivity index (χ1n) is 8.39. The summed E-state index contributed by atoms with van der Waals surface area (Å²) in [5, 5.41) is 12.2. The van der Waals surface area contributed by atoms with Gasteiger partial charge in [0.05, 0.1) is 18.2 Å². The molecule has 1 aliphatic rings. The van der Waals surface area contributed by atoms with Gasteiger partial charge in [-0.2, -0.15) is 0 Å². The van der Waals surface area contributed by atoms with Crippen molar-refractivity contribution >= 4 is 41.2 Å². The van der Waals surface area contributed by atoms with E-state index >= 15 is 0 Å². The lowest BCUT2D eigenvalue weighted by Gasteiger charge is -2.36. The fraction of sp³-hybridized carbons (Fsp3) is 0.389. The van der Waals surface area contributed by atoms with E-state index in [1.807, 2.05) is 0 Å². The minimum atomic E-state index is -0.958. The fourth-order valence-electron chi connectivity index (χ4n) is 2.92. The van der Waals surface area contributed by atoms with E-state index < -0.39 is 24.0 Å². The summed E-state index contributed by atoms with van der Waals surface area (Å²) in [5.41, 5.74) is 0.993. The van der Waals surface area contributed by atoms with Crippen LogP contribution in [0, 0.1) is 0 Å². The summed E-state index contributed by atoms with van der Waals surface area (Å²) in [7, 11) is 0. The summed E-state index contributed by atoms with van der Waals surface area (Å²) in [6, 6.07) is 3.57. The fourth-order valence-corrected chi connectivity index (χ4v) is 3.53. The molecule has 1 aromatic rings. The number of urea groups is 1. The number of carbonyl (C=O) groups is 3. The van der Waals surface area contributed by atoms with Gasteiger partial charge in [0, 0.05) is 34.3 Å². The maximum Gasteiger partial charge on any atom is 0.338 e. The van der Waals surface area contributed by atoms with E-state index in [2.05, 4.69) is 5.32 Å². The van der Waals surface area contributed by atoms with Crippen molar-refractivity contribution in [2.24, 2.45) is 0 Å². The smallest absolute Gasteiger partial charge is 0.338 e. The number of halogens is 2. The molecule has 2 N–H and O–H groups in total. The van der Waals surface area contributed by atoms with E-state index in [9.17, 15) is 14.4 Å². The Morgan fingerprint density at radius 2 is 1.93 bits per heavy atom. The Kier molecular flexibility index (Phi) is 7.10. The zero-order chi connectivity index (χ0) is 20.1. The highest BCUT2D eigenvalue weighted by atomic mass is 35.5. The van der Waals surface area contributed by atoms with Crippen LogP contribution in [-0.4, -0.2) is 41.1 Å². The summed E-state index contributed by atoms with van der Waals surface area (Å²) >= 11 is 12.5. The van der Waals surface area contributed by atoms with Crippen LogP contribution in [0.25, 0.3) is 0 Å². The van der Waals surface area contributed by atoms with E-state index in [0.29, 0.717) is 21.3 Å². The van der Waals surface area contributed by atoms with Gasteiger partial charge in [0.15, 0.2) is 0 Å². The average molecular weight is 415 g/mol. The summed E-state index contributed by atoms with van der Waals surface area (Å²) in [4.78, 5) is 37.3. The molecule has 146 valence electrons. The van der Waals surface area contributed by atoms with Gasteiger partial charge in [0.1, 0.15) is 0 Å². The number of rotatable bonds is 7. The van der Waals surface area contributed by atoms with E-state index in [1.165, 1.54) is 4.90 Å². The third-order valence-corrected chi connectivity index (χ3v) is 4.81. The van der Waals surface area contributed by atoms with Crippen LogP contribution in [0.5, 0.6) is 0 Å². The summed E-state index contributed by atoms with van der Waals surface area (Å²) in [6.07, 6.45) is 0.152. The highest BCUT2D eigenvalue weighted by Gasteiger charge is 2.38. The van der Waals surface area contributed by atoms with Crippen molar-refractivity contribution in [3.63, 3.8) is 0 Å². The monoisotopic (exact) mass is 414 g/mol. The van der Waals surface area contributed by atoms with Gasteiger partial charge in [0.2, 0.25) is 0 Å². The van der Waals surface area contributed by atoms with Gasteiger partial charge in [-0.25, -0.2) is 9.59 Å². The Morgan fingerprint density at radius 1 is 1.30 bits per heavy atom. The number of carboxylic acid groups (broad SMARTS) is 1. The molecule has 0 fully saturated rings. The number of benzene rings is 1. The molecule has 0 aromatic heterocycles. The van der Waals surface area contributed by atoms with Crippen molar-refractivity contribution in [3.8, 4) is 0 Å². The van der Waals surface area contributed by atoms with Gasteiger partial charge in [-0.05, 0) is 32.4 Å². The molecular formula is C18H20Cl2N2O5. The number of nitrogens with zero attached hydrogens (tertiary/aromatic N) is 1. The molecule has 2 amide bonds. The van der Waals surface area contributed by atoms with Crippen molar-refractivity contribution in [1.82, 2.24) is 10.2 Å². The van der Waals surface area contributed by atoms with Crippen LogP contribution in [0.3, 0.4) is 0 Å². The first-order valence-corrected chi connectivity index (χ1v) is 9.15.